The summed E-state index contributed by atoms with van der Waals surface area (Å²) in [6.45, 7) is 0. The molecule has 0 unspecified atom stereocenters. The minimum atomic E-state index is 0.507. The molecule has 11 heavy (non-hydrogen) atoms. The normalized spacial score (nSPS) is 10.6. The van der Waals surface area contributed by atoms with Crippen molar-refractivity contribution in [1.29, 1.82) is 0 Å². The monoisotopic (exact) mass is 167 g/mol. The second-order valence-electron chi connectivity index (χ2n) is 2.27. The number of fused-ring (bicyclic) bond motifs is 1. The van der Waals surface area contributed by atoms with Crippen LogP contribution in [0.25, 0.3) is 5.52 Å². The van der Waals surface area contributed by atoms with Crippen molar-refractivity contribution >= 4 is 22.9 Å². The smallest absolute Gasteiger partial charge is 0.149 e. The first-order valence-electron chi connectivity index (χ1n) is 3.15. The quantitative estimate of drug-likeness (QED) is 0.647. The highest BCUT2D eigenvalue weighted by atomic mass is 35.5. The van der Waals surface area contributed by atoms with E-state index >= 15 is 0 Å². The van der Waals surface area contributed by atoms with E-state index in [1.807, 2.05) is 10.6 Å². The van der Waals surface area contributed by atoms with Gasteiger partial charge < -0.3 is 10.1 Å². The minimum absolute atomic E-state index is 0.507. The number of hydrogen-bond donors (Lipinski definition) is 1. The van der Waals surface area contributed by atoms with Crippen molar-refractivity contribution in [2.24, 2.45) is 0 Å². The molecule has 0 saturated heterocycles. The lowest BCUT2D eigenvalue weighted by atomic mass is 10.4. The van der Waals surface area contributed by atoms with Crippen LogP contribution < -0.4 is 5.73 Å². The van der Waals surface area contributed by atoms with Gasteiger partial charge in [0, 0.05) is 11.2 Å². The van der Waals surface area contributed by atoms with Gasteiger partial charge >= 0.3 is 0 Å². The minimum Gasteiger partial charge on any atom is -0.382 e. The summed E-state index contributed by atoms with van der Waals surface area (Å²) >= 11 is 5.75. The predicted molar refractivity (Wildman–Crippen MR) is 44.6 cm³/mol. The fourth-order valence-electron chi connectivity index (χ4n) is 0.983. The molecule has 2 aromatic heterocycles. The Hall–Kier alpha value is -1.22. The highest BCUT2D eigenvalue weighted by Crippen LogP contribution is 2.16. The van der Waals surface area contributed by atoms with E-state index in [0.717, 1.165) is 5.52 Å². The van der Waals surface area contributed by atoms with E-state index in [1.54, 1.807) is 18.5 Å². The zero-order chi connectivity index (χ0) is 7.84. The number of nitrogens with zero attached hydrogens (tertiary/aromatic N) is 2. The Morgan fingerprint density at radius 1 is 1.55 bits per heavy atom. The molecule has 3 nitrogen and oxygen atoms in total. The molecule has 0 bridgehead atoms. The van der Waals surface area contributed by atoms with Crippen LogP contribution >= 0.6 is 11.6 Å². The number of aromatic nitrogens is 2. The van der Waals surface area contributed by atoms with Crippen LogP contribution in [0.2, 0.25) is 5.02 Å². The Labute approximate surface area is 68.4 Å². The Bertz CT molecular complexity index is 393. The van der Waals surface area contributed by atoms with E-state index in [0.29, 0.717) is 10.8 Å². The van der Waals surface area contributed by atoms with E-state index < -0.39 is 0 Å². The third-order valence-electron chi connectivity index (χ3n) is 1.53. The van der Waals surface area contributed by atoms with Crippen molar-refractivity contribution in [3.05, 3.63) is 29.7 Å². The molecular weight excluding hydrogens is 162 g/mol. The zero-order valence-corrected chi connectivity index (χ0v) is 6.42. The molecule has 56 valence electrons. The first-order chi connectivity index (χ1) is 5.27. The van der Waals surface area contributed by atoms with Gasteiger partial charge in [-0.1, -0.05) is 11.6 Å². The first kappa shape index (κ1) is 6.49. The molecule has 0 aromatic carbocycles. The van der Waals surface area contributed by atoms with Gasteiger partial charge in [0.1, 0.15) is 12.1 Å². The summed E-state index contributed by atoms with van der Waals surface area (Å²) in [5.74, 6) is 0.507. The highest BCUT2D eigenvalue weighted by molar-refractivity contribution is 6.30. The molecule has 0 spiro atoms. The van der Waals surface area contributed by atoms with E-state index in [2.05, 4.69) is 4.98 Å². The van der Waals surface area contributed by atoms with Crippen molar-refractivity contribution in [3.63, 3.8) is 0 Å². The molecule has 0 radical (unpaired) electrons. The summed E-state index contributed by atoms with van der Waals surface area (Å²) < 4.78 is 1.82. The summed E-state index contributed by atoms with van der Waals surface area (Å²) in [7, 11) is 0. The fraction of sp³-hybridized carbons (Fsp3) is 0. The molecule has 0 atom stereocenters. The van der Waals surface area contributed by atoms with Crippen LogP contribution in [0.15, 0.2) is 24.7 Å². The largest absolute Gasteiger partial charge is 0.382 e. The van der Waals surface area contributed by atoms with Gasteiger partial charge in [-0.3, -0.25) is 0 Å². The maximum Gasteiger partial charge on any atom is 0.149 e. The molecular formula is C7H6ClN3. The third-order valence-corrected chi connectivity index (χ3v) is 1.77. The van der Waals surface area contributed by atoms with E-state index in [9.17, 15) is 0 Å². The summed E-state index contributed by atoms with van der Waals surface area (Å²) in [6, 6.07) is 3.57. The number of anilines is 1. The molecule has 0 fully saturated rings. The molecule has 2 aromatic rings. The second kappa shape index (κ2) is 2.13. The van der Waals surface area contributed by atoms with Crippen LogP contribution in [0.5, 0.6) is 0 Å². The molecule has 0 aliphatic carbocycles. The van der Waals surface area contributed by atoms with Gasteiger partial charge in [-0.05, 0) is 12.1 Å². The lowest BCUT2D eigenvalue weighted by molar-refractivity contribution is 1.15. The number of hydrogen-bond acceptors (Lipinski definition) is 2. The van der Waals surface area contributed by atoms with Crippen molar-refractivity contribution in [2.75, 3.05) is 5.73 Å². The fourth-order valence-corrected chi connectivity index (χ4v) is 1.14. The van der Waals surface area contributed by atoms with Gasteiger partial charge in [0.05, 0.1) is 5.52 Å². The number of imidazole rings is 1. The Morgan fingerprint density at radius 2 is 2.36 bits per heavy atom. The standard InChI is InChI=1S/C7H6ClN3/c8-5-1-2-11-4-10-7(9)6(11)3-5/h1-4H,9H2. The summed E-state index contributed by atoms with van der Waals surface area (Å²) in [5, 5.41) is 0.671. The van der Waals surface area contributed by atoms with Gasteiger partial charge in [-0.25, -0.2) is 4.98 Å². The van der Waals surface area contributed by atoms with Crippen molar-refractivity contribution in [2.45, 2.75) is 0 Å². The molecule has 2 N–H and O–H groups in total. The van der Waals surface area contributed by atoms with Gasteiger partial charge in [-0.2, -0.15) is 0 Å². The number of halogens is 1. The maximum absolute atomic E-state index is 5.75. The van der Waals surface area contributed by atoms with Crippen molar-refractivity contribution in [1.82, 2.24) is 9.38 Å². The molecule has 0 aliphatic rings. The molecule has 2 rings (SSSR count). The van der Waals surface area contributed by atoms with E-state index in [-0.39, 0.29) is 0 Å². The van der Waals surface area contributed by atoms with Crippen LogP contribution in [-0.4, -0.2) is 9.38 Å². The molecule has 0 aliphatic heterocycles. The zero-order valence-electron chi connectivity index (χ0n) is 5.66. The maximum atomic E-state index is 5.75. The molecule has 2 heterocycles. The predicted octanol–water partition coefficient (Wildman–Crippen LogP) is 1.57. The summed E-state index contributed by atoms with van der Waals surface area (Å²) in [6.07, 6.45) is 3.47. The van der Waals surface area contributed by atoms with Gasteiger partial charge in [0.15, 0.2) is 0 Å². The lowest BCUT2D eigenvalue weighted by Crippen LogP contribution is -1.85. The van der Waals surface area contributed by atoms with Gasteiger partial charge in [-0.15, -0.1) is 0 Å². The van der Waals surface area contributed by atoms with Crippen LogP contribution in [0, 0.1) is 0 Å². The van der Waals surface area contributed by atoms with Crippen LogP contribution in [-0.2, 0) is 0 Å². The highest BCUT2D eigenvalue weighted by Gasteiger charge is 1.98. The number of pyridine rings is 1. The summed E-state index contributed by atoms with van der Waals surface area (Å²) in [5.41, 5.74) is 6.40. The first-order valence-corrected chi connectivity index (χ1v) is 3.53. The van der Waals surface area contributed by atoms with Gasteiger partial charge in [0.25, 0.3) is 0 Å². The second-order valence-corrected chi connectivity index (χ2v) is 2.70. The van der Waals surface area contributed by atoms with Crippen LogP contribution in [0.4, 0.5) is 5.82 Å². The Kier molecular flexibility index (Phi) is 1.26. The van der Waals surface area contributed by atoms with Crippen LogP contribution in [0.1, 0.15) is 0 Å². The molecule has 4 heteroatoms. The Morgan fingerprint density at radius 3 is 3.18 bits per heavy atom. The van der Waals surface area contributed by atoms with E-state index in [1.165, 1.54) is 0 Å². The molecule has 0 amide bonds. The average molecular weight is 168 g/mol. The Balaban J connectivity index is 2.87. The lowest BCUT2D eigenvalue weighted by Gasteiger charge is -1.93. The van der Waals surface area contributed by atoms with Crippen LogP contribution in [0.3, 0.4) is 0 Å². The SMILES string of the molecule is Nc1ncn2ccc(Cl)cc12. The third kappa shape index (κ3) is 0.935. The number of rotatable bonds is 0. The van der Waals surface area contributed by atoms with Gasteiger partial charge in [0.2, 0.25) is 0 Å². The van der Waals surface area contributed by atoms with Crippen molar-refractivity contribution in [3.8, 4) is 0 Å². The topological polar surface area (TPSA) is 43.3 Å². The average Bonchev–Trinajstić information content (AvgIpc) is 2.33. The van der Waals surface area contributed by atoms with E-state index in [4.69, 9.17) is 17.3 Å². The number of nitrogen functional groups attached to an aromatic ring is 1. The van der Waals surface area contributed by atoms with Crippen molar-refractivity contribution < 1.29 is 0 Å². The number of nitrogens with two attached hydrogens (primary N) is 1. The molecule has 0 saturated carbocycles. The summed E-state index contributed by atoms with van der Waals surface area (Å²) in [4.78, 5) is 3.92.